The van der Waals surface area contributed by atoms with E-state index in [-0.39, 0.29) is 49.2 Å². The predicted octanol–water partition coefficient (Wildman–Crippen LogP) is 1.14. The Hall–Kier alpha value is -0.700. The van der Waals surface area contributed by atoms with Crippen molar-refractivity contribution in [2.45, 2.75) is 0 Å². The summed E-state index contributed by atoms with van der Waals surface area (Å²) in [6, 6.07) is 16.7. The van der Waals surface area contributed by atoms with E-state index < -0.39 is 0 Å². The molecule has 72 valence electrons. The van der Waals surface area contributed by atoms with Crippen LogP contribution in [0.3, 0.4) is 0 Å². The van der Waals surface area contributed by atoms with Gasteiger partial charge in [-0.2, -0.15) is 0 Å². The van der Waals surface area contributed by atoms with Crippen molar-refractivity contribution < 1.29 is 10.2 Å². The van der Waals surface area contributed by atoms with Crippen LogP contribution in [-0.4, -0.2) is 37.7 Å². The maximum Gasteiger partial charge on any atom is 2.00 e. The van der Waals surface area contributed by atoms with Gasteiger partial charge in [0.1, 0.15) is 0 Å². The molecule has 15 heavy (non-hydrogen) atoms. The zero-order chi connectivity index (χ0) is 10.2. The maximum atomic E-state index is 10.3. The third kappa shape index (κ3) is 7.25. The molecule has 0 heterocycles. The fourth-order valence-electron chi connectivity index (χ4n) is 0.841. The van der Waals surface area contributed by atoms with E-state index in [0.717, 1.165) is 0 Å². The Morgan fingerprint density at radius 3 is 0.933 bits per heavy atom. The monoisotopic (exact) mass is 226 g/mol. The first-order valence-corrected chi connectivity index (χ1v) is 4.23. The second-order valence-corrected chi connectivity index (χ2v) is 2.63. The second-order valence-electron chi connectivity index (χ2n) is 2.63. The van der Waals surface area contributed by atoms with Crippen LogP contribution >= 0.6 is 0 Å². The largest absolute Gasteiger partial charge is 2.00 e. The molecule has 2 aromatic rings. The van der Waals surface area contributed by atoms with Crippen LogP contribution in [0.15, 0.2) is 60.7 Å². The molecule has 0 N–H and O–H groups in total. The van der Waals surface area contributed by atoms with Crippen LogP contribution in [0.5, 0.6) is 11.5 Å². The van der Waals surface area contributed by atoms with Gasteiger partial charge in [-0.15, -0.1) is 11.5 Å². The maximum absolute atomic E-state index is 10.3. The molecule has 0 spiro atoms. The first kappa shape index (κ1) is 14.3. The summed E-state index contributed by atoms with van der Waals surface area (Å²) in [6.45, 7) is 0. The van der Waals surface area contributed by atoms with E-state index in [1.807, 2.05) is 12.1 Å². The molecule has 0 radical (unpaired) electrons. The molecule has 2 aromatic carbocycles. The van der Waals surface area contributed by atoms with E-state index in [4.69, 9.17) is 0 Å². The summed E-state index contributed by atoms with van der Waals surface area (Å²) in [5, 5.41) is 20.5. The topological polar surface area (TPSA) is 46.1 Å². The van der Waals surface area contributed by atoms with Crippen LogP contribution < -0.4 is 10.2 Å². The Bertz CT molecular complexity index is 311. The molecule has 0 saturated heterocycles. The first-order valence-electron chi connectivity index (χ1n) is 4.23. The zero-order valence-electron chi connectivity index (χ0n) is 8.30. The van der Waals surface area contributed by atoms with Crippen LogP contribution in [-0.2, 0) is 0 Å². The van der Waals surface area contributed by atoms with Gasteiger partial charge in [-0.3, -0.25) is 0 Å². The van der Waals surface area contributed by atoms with Crippen molar-refractivity contribution in [1.29, 1.82) is 0 Å². The van der Waals surface area contributed by atoms with Crippen LogP contribution in [0.2, 0.25) is 0 Å². The second kappa shape index (κ2) is 8.60. The Morgan fingerprint density at radius 1 is 0.533 bits per heavy atom. The molecular formula is C12H10CaO2. The minimum absolute atomic E-state index is 0. The Kier molecular flexibility index (Phi) is 8.19. The average molecular weight is 226 g/mol. The van der Waals surface area contributed by atoms with Gasteiger partial charge in [-0.05, 0) is 0 Å². The minimum atomic E-state index is 0. The van der Waals surface area contributed by atoms with E-state index >= 15 is 0 Å². The molecule has 0 bridgehead atoms. The fourth-order valence-corrected chi connectivity index (χ4v) is 0.841. The number of hydrogen-bond acceptors (Lipinski definition) is 2. The van der Waals surface area contributed by atoms with Crippen LogP contribution in [0.4, 0.5) is 0 Å². The molecular weight excluding hydrogens is 216 g/mol. The van der Waals surface area contributed by atoms with Gasteiger partial charge in [-0.1, -0.05) is 60.7 Å². The van der Waals surface area contributed by atoms with Gasteiger partial charge >= 0.3 is 37.7 Å². The third-order valence-electron chi connectivity index (χ3n) is 1.49. The zero-order valence-corrected chi connectivity index (χ0v) is 10.5. The van der Waals surface area contributed by atoms with Crippen molar-refractivity contribution in [2.75, 3.05) is 0 Å². The average Bonchev–Trinajstić information content (AvgIpc) is 2.21. The van der Waals surface area contributed by atoms with Crippen LogP contribution in [0.25, 0.3) is 0 Å². The van der Waals surface area contributed by atoms with E-state index in [1.165, 1.54) is 24.3 Å². The summed E-state index contributed by atoms with van der Waals surface area (Å²) in [5.74, 6) is 0.144. The van der Waals surface area contributed by atoms with E-state index in [0.29, 0.717) is 0 Å². The Morgan fingerprint density at radius 2 is 0.800 bits per heavy atom. The molecule has 2 rings (SSSR count). The number of benzene rings is 2. The van der Waals surface area contributed by atoms with Crippen molar-refractivity contribution in [3.8, 4) is 11.5 Å². The van der Waals surface area contributed by atoms with Crippen LogP contribution in [0, 0.1) is 0 Å². The van der Waals surface area contributed by atoms with Gasteiger partial charge in [-0.25, -0.2) is 0 Å². The molecule has 0 aliphatic carbocycles. The van der Waals surface area contributed by atoms with Crippen molar-refractivity contribution in [3.63, 3.8) is 0 Å². The summed E-state index contributed by atoms with van der Waals surface area (Å²) < 4.78 is 0. The SMILES string of the molecule is [Ca+2].[O-]c1ccccc1.[O-]c1ccccc1. The molecule has 0 amide bonds. The molecule has 0 unspecified atom stereocenters. The number of hydrogen-bond donors (Lipinski definition) is 0. The van der Waals surface area contributed by atoms with Crippen molar-refractivity contribution in [1.82, 2.24) is 0 Å². The Balaban J connectivity index is 0.000000245. The number of para-hydroxylation sites is 2. The summed E-state index contributed by atoms with van der Waals surface area (Å²) >= 11 is 0. The molecule has 3 heteroatoms. The normalized spacial score (nSPS) is 8.00. The third-order valence-corrected chi connectivity index (χ3v) is 1.49. The summed E-state index contributed by atoms with van der Waals surface area (Å²) in [6.07, 6.45) is 0. The van der Waals surface area contributed by atoms with E-state index in [2.05, 4.69) is 0 Å². The molecule has 0 atom stereocenters. The van der Waals surface area contributed by atoms with Crippen LogP contribution in [0.1, 0.15) is 0 Å². The minimum Gasteiger partial charge on any atom is -0.872 e. The standard InChI is InChI=1S/2C6H6O.Ca/c2*7-6-4-2-1-3-5-6;/h2*1-5,7H;/q;;+2/p-2. The molecule has 0 saturated carbocycles. The first-order chi connectivity index (χ1) is 6.79. The smallest absolute Gasteiger partial charge is 0.872 e. The summed E-state index contributed by atoms with van der Waals surface area (Å²) in [4.78, 5) is 0. The molecule has 0 aliphatic rings. The van der Waals surface area contributed by atoms with Crippen molar-refractivity contribution in [3.05, 3.63) is 60.7 Å². The van der Waals surface area contributed by atoms with Gasteiger partial charge in [0, 0.05) is 0 Å². The fraction of sp³-hybridized carbons (Fsp3) is 0. The summed E-state index contributed by atoms with van der Waals surface area (Å²) in [5.41, 5.74) is 0. The molecule has 0 fully saturated rings. The number of rotatable bonds is 0. The molecule has 2 nitrogen and oxygen atoms in total. The van der Waals surface area contributed by atoms with Crippen molar-refractivity contribution >= 4 is 37.7 Å². The van der Waals surface area contributed by atoms with E-state index in [1.54, 1.807) is 24.3 Å². The quantitative estimate of drug-likeness (QED) is 0.632. The van der Waals surface area contributed by atoms with Gasteiger partial charge in [0.2, 0.25) is 0 Å². The Labute approximate surface area is 119 Å². The molecule has 0 aliphatic heterocycles. The van der Waals surface area contributed by atoms with Gasteiger partial charge in [0.25, 0.3) is 0 Å². The predicted molar refractivity (Wildman–Crippen MR) is 57.5 cm³/mol. The van der Waals surface area contributed by atoms with Gasteiger partial charge in [0.15, 0.2) is 0 Å². The van der Waals surface area contributed by atoms with E-state index in [9.17, 15) is 10.2 Å². The van der Waals surface area contributed by atoms with Gasteiger partial charge in [0.05, 0.1) is 0 Å². The van der Waals surface area contributed by atoms with Gasteiger partial charge < -0.3 is 10.2 Å². The summed E-state index contributed by atoms with van der Waals surface area (Å²) in [7, 11) is 0. The van der Waals surface area contributed by atoms with Crippen molar-refractivity contribution in [2.24, 2.45) is 0 Å². The molecule has 0 aromatic heterocycles.